The predicted octanol–water partition coefficient (Wildman–Crippen LogP) is 0.357. The van der Waals surface area contributed by atoms with E-state index in [1.54, 1.807) is 6.33 Å². The molecule has 2 aromatic rings. The number of rotatable bonds is 0. The van der Waals surface area contributed by atoms with Crippen LogP contribution >= 0.6 is 0 Å². The van der Waals surface area contributed by atoms with Gasteiger partial charge in [0.05, 0.1) is 17.4 Å². The summed E-state index contributed by atoms with van der Waals surface area (Å²) < 4.78 is 0. The van der Waals surface area contributed by atoms with Crippen molar-refractivity contribution in [2.75, 3.05) is 0 Å². The van der Waals surface area contributed by atoms with Gasteiger partial charge >= 0.3 is 0 Å². The molecule has 0 aliphatic rings. The second-order valence-corrected chi connectivity index (χ2v) is 2.18. The van der Waals surface area contributed by atoms with Gasteiger partial charge in [-0.1, -0.05) is 11.5 Å². The Kier molecular flexibility index (Phi) is 1.03. The van der Waals surface area contributed by atoms with E-state index < -0.39 is 0 Å². The van der Waals surface area contributed by atoms with Gasteiger partial charge in [0, 0.05) is 0 Å². The average Bonchev–Trinajstić information content (AvgIpc) is 2.33. The topological polar surface area (TPSA) is 28.7 Å². The Bertz CT molecular complexity index is 353. The van der Waals surface area contributed by atoms with Gasteiger partial charge in [0.15, 0.2) is 0 Å². The molecule has 1 N–H and O–H groups in total. The molecule has 3 heteroatoms. The first-order chi connectivity index (χ1) is 4.86. The molecule has 0 saturated heterocycles. The van der Waals surface area contributed by atoms with Crippen molar-refractivity contribution in [1.82, 2.24) is 9.97 Å². The van der Waals surface area contributed by atoms with Gasteiger partial charge in [-0.05, 0) is 12.1 Å². The number of fused-ring (bicyclic) bond motifs is 1. The van der Waals surface area contributed by atoms with Gasteiger partial charge in [0.1, 0.15) is 7.85 Å². The lowest BCUT2D eigenvalue weighted by molar-refractivity contribution is 1.34. The highest BCUT2D eigenvalue weighted by Crippen LogP contribution is 2.03. The fourth-order valence-corrected chi connectivity index (χ4v) is 0.953. The highest BCUT2D eigenvalue weighted by atomic mass is 14.9. The highest BCUT2D eigenvalue weighted by Gasteiger charge is 1.92. The van der Waals surface area contributed by atoms with Crippen molar-refractivity contribution in [1.29, 1.82) is 0 Å². The predicted molar refractivity (Wildman–Crippen MR) is 41.5 cm³/mol. The molecule has 0 saturated carbocycles. The molecule has 2 rings (SSSR count). The Morgan fingerprint density at radius 1 is 1.40 bits per heavy atom. The summed E-state index contributed by atoms with van der Waals surface area (Å²) in [5, 5.41) is 0. The number of hydrogen-bond acceptors (Lipinski definition) is 1. The van der Waals surface area contributed by atoms with Crippen LogP contribution in [0.3, 0.4) is 0 Å². The number of imidazole rings is 1. The van der Waals surface area contributed by atoms with Gasteiger partial charge in [-0.15, -0.1) is 0 Å². The van der Waals surface area contributed by atoms with Crippen LogP contribution in [0.5, 0.6) is 0 Å². The first-order valence-electron chi connectivity index (χ1n) is 3.05. The van der Waals surface area contributed by atoms with Crippen LogP contribution in [0.25, 0.3) is 11.0 Å². The Balaban J connectivity index is 2.86. The van der Waals surface area contributed by atoms with E-state index in [2.05, 4.69) is 9.97 Å². The van der Waals surface area contributed by atoms with Gasteiger partial charge in [-0.25, -0.2) is 4.98 Å². The molecular weight excluding hydrogens is 123 g/mol. The quantitative estimate of drug-likeness (QED) is 0.509. The van der Waals surface area contributed by atoms with Gasteiger partial charge in [-0.3, -0.25) is 0 Å². The van der Waals surface area contributed by atoms with E-state index in [-0.39, 0.29) is 0 Å². The lowest BCUT2D eigenvalue weighted by Crippen LogP contribution is -1.99. The molecule has 0 amide bonds. The molecule has 0 spiro atoms. The van der Waals surface area contributed by atoms with Gasteiger partial charge < -0.3 is 4.98 Å². The van der Waals surface area contributed by atoms with Crippen LogP contribution in [0.4, 0.5) is 0 Å². The molecule has 0 aliphatic heterocycles. The van der Waals surface area contributed by atoms with Crippen molar-refractivity contribution < 1.29 is 0 Å². The first-order valence-corrected chi connectivity index (χ1v) is 3.05. The summed E-state index contributed by atoms with van der Waals surface area (Å²) >= 11 is 0. The summed E-state index contributed by atoms with van der Waals surface area (Å²) in [7, 11) is 5.54. The monoisotopic (exact) mass is 128 g/mol. The summed E-state index contributed by atoms with van der Waals surface area (Å²) in [6.07, 6.45) is 1.66. The normalized spacial score (nSPS) is 10.4. The maximum Gasteiger partial charge on any atom is 0.113 e. The van der Waals surface area contributed by atoms with Crippen molar-refractivity contribution >= 4 is 24.3 Å². The molecule has 2 nitrogen and oxygen atoms in total. The minimum atomic E-state index is 0.761. The van der Waals surface area contributed by atoms with Crippen LogP contribution in [-0.4, -0.2) is 17.8 Å². The fourth-order valence-electron chi connectivity index (χ4n) is 0.953. The second-order valence-electron chi connectivity index (χ2n) is 2.18. The maximum absolute atomic E-state index is 5.54. The Labute approximate surface area is 59.7 Å². The van der Waals surface area contributed by atoms with E-state index in [0.29, 0.717) is 0 Å². The van der Waals surface area contributed by atoms with E-state index in [9.17, 15) is 0 Å². The Hall–Kier alpha value is -1.25. The van der Waals surface area contributed by atoms with E-state index in [0.717, 1.165) is 16.5 Å². The van der Waals surface area contributed by atoms with Crippen LogP contribution in [0.1, 0.15) is 0 Å². The van der Waals surface area contributed by atoms with Crippen molar-refractivity contribution in [2.24, 2.45) is 0 Å². The molecule has 46 valence electrons. The number of nitrogens with zero attached hydrogens (tertiary/aromatic N) is 1. The zero-order valence-corrected chi connectivity index (χ0v) is 5.33. The number of benzene rings is 1. The SMILES string of the molecule is [B]c1ccc2nc[nH]c2c1. The average molecular weight is 128 g/mol. The number of hydrogen-bond donors (Lipinski definition) is 1. The second kappa shape index (κ2) is 1.87. The third-order valence-electron chi connectivity index (χ3n) is 1.44. The van der Waals surface area contributed by atoms with Gasteiger partial charge in [-0.2, -0.15) is 0 Å². The molecule has 1 aromatic carbocycles. The molecular formula is C7H5BN2. The minimum Gasteiger partial charge on any atom is -0.345 e. The van der Waals surface area contributed by atoms with Crippen molar-refractivity contribution in [3.05, 3.63) is 24.5 Å². The molecule has 2 radical (unpaired) electrons. The third kappa shape index (κ3) is 0.710. The largest absolute Gasteiger partial charge is 0.345 e. The zero-order valence-electron chi connectivity index (χ0n) is 5.33. The smallest absolute Gasteiger partial charge is 0.113 e. The third-order valence-corrected chi connectivity index (χ3v) is 1.44. The molecule has 10 heavy (non-hydrogen) atoms. The number of aromatic nitrogens is 2. The van der Waals surface area contributed by atoms with Crippen LogP contribution < -0.4 is 5.46 Å². The van der Waals surface area contributed by atoms with Gasteiger partial charge in [0.2, 0.25) is 0 Å². The summed E-state index contributed by atoms with van der Waals surface area (Å²) in [6.45, 7) is 0. The van der Waals surface area contributed by atoms with Crippen LogP contribution in [0, 0.1) is 0 Å². The molecule has 1 aromatic heterocycles. The Morgan fingerprint density at radius 3 is 3.20 bits per heavy atom. The highest BCUT2D eigenvalue weighted by molar-refractivity contribution is 6.33. The van der Waals surface area contributed by atoms with E-state index in [1.807, 2.05) is 18.2 Å². The first kappa shape index (κ1) is 5.53. The van der Waals surface area contributed by atoms with E-state index in [1.165, 1.54) is 0 Å². The molecule has 0 fully saturated rings. The maximum atomic E-state index is 5.54. The molecule has 1 heterocycles. The van der Waals surface area contributed by atoms with Crippen LogP contribution in [-0.2, 0) is 0 Å². The summed E-state index contributed by atoms with van der Waals surface area (Å²) in [5.74, 6) is 0. The Morgan fingerprint density at radius 2 is 2.30 bits per heavy atom. The number of nitrogens with one attached hydrogen (secondary N) is 1. The van der Waals surface area contributed by atoms with Crippen LogP contribution in [0.15, 0.2) is 24.5 Å². The molecule has 0 unspecified atom stereocenters. The van der Waals surface area contributed by atoms with Gasteiger partial charge in [0.25, 0.3) is 0 Å². The molecule has 0 aliphatic carbocycles. The lowest BCUT2D eigenvalue weighted by atomic mass is 9.96. The summed E-state index contributed by atoms with van der Waals surface area (Å²) in [5.41, 5.74) is 2.70. The fraction of sp³-hybridized carbons (Fsp3) is 0. The molecule has 0 atom stereocenters. The lowest BCUT2D eigenvalue weighted by Gasteiger charge is -1.89. The summed E-state index contributed by atoms with van der Waals surface area (Å²) in [6, 6.07) is 5.59. The number of H-pyrrole nitrogens is 1. The molecule has 0 bridgehead atoms. The number of aromatic amines is 1. The summed E-state index contributed by atoms with van der Waals surface area (Å²) in [4.78, 5) is 7.02. The van der Waals surface area contributed by atoms with Crippen LogP contribution in [0.2, 0.25) is 0 Å². The van der Waals surface area contributed by atoms with Crippen molar-refractivity contribution in [3.63, 3.8) is 0 Å². The standard InChI is InChI=1S/C7H5BN2/c8-5-1-2-6-7(3-5)10-4-9-6/h1-4H,(H,9,10). The van der Waals surface area contributed by atoms with Crippen molar-refractivity contribution in [3.8, 4) is 0 Å². The van der Waals surface area contributed by atoms with Crippen molar-refractivity contribution in [2.45, 2.75) is 0 Å². The van der Waals surface area contributed by atoms with E-state index >= 15 is 0 Å². The van der Waals surface area contributed by atoms with E-state index in [4.69, 9.17) is 7.85 Å². The zero-order chi connectivity index (χ0) is 6.97. The minimum absolute atomic E-state index is 0.761.